The van der Waals surface area contributed by atoms with Gasteiger partial charge >= 0.3 is 5.97 Å². The van der Waals surface area contributed by atoms with E-state index in [2.05, 4.69) is 11.9 Å². The Bertz CT molecular complexity index is 411. The minimum absolute atomic E-state index is 0.0156. The van der Waals surface area contributed by atoms with E-state index in [9.17, 15) is 9.18 Å². The van der Waals surface area contributed by atoms with Crippen molar-refractivity contribution in [3.05, 3.63) is 24.3 Å². The third-order valence-corrected chi connectivity index (χ3v) is 3.80. The number of aromatic nitrogens is 1. The highest BCUT2D eigenvalue weighted by Crippen LogP contribution is 2.32. The molecule has 0 aromatic carbocycles. The lowest BCUT2D eigenvalue weighted by molar-refractivity contribution is -0.140. The summed E-state index contributed by atoms with van der Waals surface area (Å²) in [6, 6.07) is 2.63. The SMILES string of the molecule is CCCC1CCC(C(=O)Oc2ccc(F)nc2)CC1. The number of ether oxygens (including phenoxy) is 1. The number of hydrogen-bond donors (Lipinski definition) is 0. The maximum absolute atomic E-state index is 12.6. The number of esters is 1. The molecule has 0 amide bonds. The van der Waals surface area contributed by atoms with Crippen molar-refractivity contribution in [2.24, 2.45) is 11.8 Å². The summed E-state index contributed by atoms with van der Waals surface area (Å²) in [6.07, 6.45) is 7.72. The molecule has 19 heavy (non-hydrogen) atoms. The number of hydrogen-bond acceptors (Lipinski definition) is 3. The molecule has 0 unspecified atom stereocenters. The van der Waals surface area contributed by atoms with E-state index in [0.29, 0.717) is 5.75 Å². The predicted molar refractivity (Wildman–Crippen MR) is 70.2 cm³/mol. The van der Waals surface area contributed by atoms with Crippen LogP contribution in [0, 0.1) is 17.8 Å². The average Bonchev–Trinajstić information content (AvgIpc) is 2.42. The van der Waals surface area contributed by atoms with Crippen molar-refractivity contribution >= 4 is 5.97 Å². The second-order valence-corrected chi connectivity index (χ2v) is 5.24. The fourth-order valence-corrected chi connectivity index (χ4v) is 2.72. The normalized spacial score (nSPS) is 23.1. The summed E-state index contributed by atoms with van der Waals surface area (Å²) in [7, 11) is 0. The molecule has 2 rings (SSSR count). The quantitative estimate of drug-likeness (QED) is 0.615. The first-order valence-corrected chi connectivity index (χ1v) is 7.02. The molecule has 1 aromatic rings. The maximum Gasteiger partial charge on any atom is 0.314 e. The van der Waals surface area contributed by atoms with E-state index in [1.165, 1.54) is 31.2 Å². The van der Waals surface area contributed by atoms with E-state index in [4.69, 9.17) is 4.74 Å². The van der Waals surface area contributed by atoms with E-state index in [1.54, 1.807) is 0 Å². The Morgan fingerprint density at radius 2 is 2.11 bits per heavy atom. The Morgan fingerprint density at radius 3 is 2.68 bits per heavy atom. The van der Waals surface area contributed by atoms with E-state index in [1.807, 2.05) is 0 Å². The predicted octanol–water partition coefficient (Wildman–Crippen LogP) is 3.73. The van der Waals surface area contributed by atoms with Gasteiger partial charge in [0.1, 0.15) is 5.75 Å². The summed E-state index contributed by atoms with van der Waals surface area (Å²) in [5, 5.41) is 0. The lowest BCUT2D eigenvalue weighted by atomic mass is 9.80. The maximum atomic E-state index is 12.6. The molecule has 0 bridgehead atoms. The van der Waals surface area contributed by atoms with Crippen LogP contribution in [0.15, 0.2) is 18.3 Å². The number of carbonyl (C=O) groups is 1. The van der Waals surface area contributed by atoms with Crippen LogP contribution in [0.2, 0.25) is 0 Å². The average molecular weight is 265 g/mol. The fourth-order valence-electron chi connectivity index (χ4n) is 2.72. The summed E-state index contributed by atoms with van der Waals surface area (Å²) >= 11 is 0. The molecule has 1 aliphatic rings. The summed E-state index contributed by atoms with van der Waals surface area (Å²) in [6.45, 7) is 2.20. The molecule has 0 N–H and O–H groups in total. The Kier molecular flexibility index (Phi) is 4.88. The zero-order valence-electron chi connectivity index (χ0n) is 11.3. The summed E-state index contributed by atoms with van der Waals surface area (Å²) in [5.74, 6) is 0.296. The lowest BCUT2D eigenvalue weighted by Crippen LogP contribution is -2.25. The molecule has 1 saturated carbocycles. The van der Waals surface area contributed by atoms with Gasteiger partial charge in [0.15, 0.2) is 0 Å². The van der Waals surface area contributed by atoms with Crippen LogP contribution in [0.4, 0.5) is 4.39 Å². The Hall–Kier alpha value is -1.45. The van der Waals surface area contributed by atoms with Gasteiger partial charge < -0.3 is 4.74 Å². The van der Waals surface area contributed by atoms with Crippen molar-refractivity contribution in [3.8, 4) is 5.75 Å². The van der Waals surface area contributed by atoms with E-state index in [0.717, 1.165) is 31.6 Å². The Balaban J connectivity index is 1.83. The van der Waals surface area contributed by atoms with Gasteiger partial charge in [0, 0.05) is 0 Å². The second-order valence-electron chi connectivity index (χ2n) is 5.24. The van der Waals surface area contributed by atoms with Gasteiger partial charge in [0.05, 0.1) is 12.1 Å². The zero-order chi connectivity index (χ0) is 13.7. The molecule has 1 aliphatic carbocycles. The molecule has 0 radical (unpaired) electrons. The van der Waals surface area contributed by atoms with Crippen molar-refractivity contribution < 1.29 is 13.9 Å². The Labute approximate surface area is 113 Å². The zero-order valence-corrected chi connectivity index (χ0v) is 11.3. The first kappa shape index (κ1) is 14.0. The van der Waals surface area contributed by atoms with Crippen molar-refractivity contribution in [3.63, 3.8) is 0 Å². The molecule has 3 nitrogen and oxygen atoms in total. The highest BCUT2D eigenvalue weighted by molar-refractivity contribution is 5.75. The molecule has 1 aromatic heterocycles. The summed E-state index contributed by atoms with van der Waals surface area (Å²) < 4.78 is 17.9. The fraction of sp³-hybridized carbons (Fsp3) is 0.600. The molecule has 0 atom stereocenters. The molecule has 0 aliphatic heterocycles. The van der Waals surface area contributed by atoms with Crippen molar-refractivity contribution in [2.45, 2.75) is 45.4 Å². The first-order valence-electron chi connectivity index (χ1n) is 7.02. The summed E-state index contributed by atoms with van der Waals surface area (Å²) in [5.41, 5.74) is 0. The van der Waals surface area contributed by atoms with Gasteiger partial charge in [0.2, 0.25) is 5.95 Å². The molecule has 104 valence electrons. The largest absolute Gasteiger partial charge is 0.425 e. The summed E-state index contributed by atoms with van der Waals surface area (Å²) in [4.78, 5) is 15.4. The van der Waals surface area contributed by atoms with Crippen LogP contribution >= 0.6 is 0 Å². The number of pyridine rings is 1. The molecule has 4 heteroatoms. The Morgan fingerprint density at radius 1 is 1.37 bits per heavy atom. The third-order valence-electron chi connectivity index (χ3n) is 3.80. The van der Waals surface area contributed by atoms with Crippen LogP contribution < -0.4 is 4.74 Å². The van der Waals surface area contributed by atoms with Crippen molar-refractivity contribution in [1.29, 1.82) is 0 Å². The molecular weight excluding hydrogens is 245 g/mol. The van der Waals surface area contributed by atoms with Gasteiger partial charge in [-0.1, -0.05) is 19.8 Å². The number of halogens is 1. The standard InChI is InChI=1S/C15H20FNO2/c1-2-3-11-4-6-12(7-5-11)15(18)19-13-8-9-14(16)17-10-13/h8-12H,2-7H2,1H3. The third kappa shape index (κ3) is 4.01. The van der Waals surface area contributed by atoms with Gasteiger partial charge in [-0.05, 0) is 43.7 Å². The molecular formula is C15H20FNO2. The van der Waals surface area contributed by atoms with Crippen LogP contribution in [0.1, 0.15) is 45.4 Å². The number of carbonyl (C=O) groups excluding carboxylic acids is 1. The van der Waals surface area contributed by atoms with Crippen LogP contribution in [-0.2, 0) is 4.79 Å². The van der Waals surface area contributed by atoms with E-state index in [-0.39, 0.29) is 11.9 Å². The minimum atomic E-state index is -0.570. The van der Waals surface area contributed by atoms with E-state index >= 15 is 0 Å². The van der Waals surface area contributed by atoms with Crippen LogP contribution in [0.5, 0.6) is 5.75 Å². The monoisotopic (exact) mass is 265 g/mol. The van der Waals surface area contributed by atoms with Crippen LogP contribution in [-0.4, -0.2) is 11.0 Å². The van der Waals surface area contributed by atoms with Crippen LogP contribution in [0.3, 0.4) is 0 Å². The molecule has 1 heterocycles. The first-order chi connectivity index (χ1) is 9.19. The molecule has 0 saturated heterocycles. The smallest absolute Gasteiger partial charge is 0.314 e. The topological polar surface area (TPSA) is 39.2 Å². The van der Waals surface area contributed by atoms with Gasteiger partial charge in [-0.15, -0.1) is 0 Å². The van der Waals surface area contributed by atoms with E-state index < -0.39 is 5.95 Å². The lowest BCUT2D eigenvalue weighted by Gasteiger charge is -2.26. The van der Waals surface area contributed by atoms with Crippen LogP contribution in [0.25, 0.3) is 0 Å². The molecule has 0 spiro atoms. The van der Waals surface area contributed by atoms with Crippen molar-refractivity contribution in [2.75, 3.05) is 0 Å². The van der Waals surface area contributed by atoms with Gasteiger partial charge in [-0.25, -0.2) is 4.98 Å². The molecule has 1 fully saturated rings. The minimum Gasteiger partial charge on any atom is -0.425 e. The van der Waals surface area contributed by atoms with Gasteiger partial charge in [0.25, 0.3) is 0 Å². The highest BCUT2D eigenvalue weighted by atomic mass is 19.1. The highest BCUT2D eigenvalue weighted by Gasteiger charge is 2.27. The second kappa shape index (κ2) is 6.64. The number of nitrogens with zero attached hydrogens (tertiary/aromatic N) is 1. The van der Waals surface area contributed by atoms with Gasteiger partial charge in [-0.3, -0.25) is 4.79 Å². The van der Waals surface area contributed by atoms with Gasteiger partial charge in [-0.2, -0.15) is 4.39 Å². The van der Waals surface area contributed by atoms with Crippen molar-refractivity contribution in [1.82, 2.24) is 4.98 Å². The number of rotatable bonds is 4.